The van der Waals surface area contributed by atoms with Crippen molar-refractivity contribution >= 4 is 101 Å². The number of nitrogens with zero attached hydrogens (tertiary/aromatic N) is 4. The van der Waals surface area contributed by atoms with Crippen LogP contribution in [-0.4, -0.2) is 15.8 Å². The predicted molar refractivity (Wildman–Crippen MR) is 478 cm³/mol. The van der Waals surface area contributed by atoms with Gasteiger partial charge in [0.2, 0.25) is 0 Å². The molecule has 19 rings (SSSR count). The van der Waals surface area contributed by atoms with Gasteiger partial charge in [-0.3, -0.25) is 0 Å². The number of anilines is 6. The Morgan fingerprint density at radius 1 is 0.252 bits per heavy atom. The molecule has 4 nitrogen and oxygen atoms in total. The zero-order valence-corrected chi connectivity index (χ0v) is 68.1. The van der Waals surface area contributed by atoms with Crippen molar-refractivity contribution in [1.82, 2.24) is 9.13 Å². The molecule has 0 spiro atoms. The third-order valence-electron chi connectivity index (χ3n) is 26.5. The summed E-state index contributed by atoms with van der Waals surface area (Å²) in [6.45, 7) is 40.4. The van der Waals surface area contributed by atoms with Crippen molar-refractivity contribution in [1.29, 1.82) is 0 Å². The van der Waals surface area contributed by atoms with Gasteiger partial charge < -0.3 is 18.9 Å². The maximum Gasteiger partial charge on any atom is 0.252 e. The molecule has 2 aliphatic carbocycles. The first-order valence-electron chi connectivity index (χ1n) is 40.7. The van der Waals surface area contributed by atoms with Gasteiger partial charge in [-0.25, -0.2) is 0 Å². The van der Waals surface area contributed by atoms with Gasteiger partial charge in [0.05, 0.1) is 27.8 Å². The minimum atomic E-state index is -0.195. The zero-order valence-electron chi connectivity index (χ0n) is 68.1. The molecule has 0 radical (unpaired) electrons. The van der Waals surface area contributed by atoms with E-state index in [1.807, 2.05) is 0 Å². The molecule has 2 aromatic heterocycles. The van der Waals surface area contributed by atoms with Crippen molar-refractivity contribution in [3.05, 3.63) is 306 Å². The highest BCUT2D eigenvalue weighted by atomic mass is 15.2. The third kappa shape index (κ3) is 11.5. The summed E-state index contributed by atoms with van der Waals surface area (Å²) >= 11 is 0. The summed E-state index contributed by atoms with van der Waals surface area (Å²) in [5.74, 6) is 0. The van der Waals surface area contributed by atoms with E-state index >= 15 is 0 Å². The van der Waals surface area contributed by atoms with Gasteiger partial charge in [-0.15, -0.1) is 0 Å². The van der Waals surface area contributed by atoms with E-state index in [2.05, 4.69) is 404 Å². The van der Waals surface area contributed by atoms with Gasteiger partial charge in [-0.2, -0.15) is 0 Å². The number of hydrogen-bond acceptors (Lipinski definition) is 2. The lowest BCUT2D eigenvalue weighted by atomic mass is 9.33. The van der Waals surface area contributed by atoms with Crippen LogP contribution in [0.15, 0.2) is 267 Å². The van der Waals surface area contributed by atoms with Crippen molar-refractivity contribution in [3.8, 4) is 55.9 Å². The fourth-order valence-corrected chi connectivity index (χ4v) is 19.6. The van der Waals surface area contributed by atoms with Crippen LogP contribution in [0.5, 0.6) is 0 Å². The van der Waals surface area contributed by atoms with Crippen LogP contribution in [0.2, 0.25) is 0 Å². The number of hydrogen-bond donors (Lipinski definition) is 0. The molecule has 0 atom stereocenters. The van der Waals surface area contributed by atoms with E-state index in [4.69, 9.17) is 0 Å². The maximum atomic E-state index is 2.66. The Labute approximate surface area is 658 Å². The highest BCUT2D eigenvalue weighted by Crippen LogP contribution is 2.53. The fraction of sp³-hybridized carbons (Fsp3) is 0.264. The molecule has 5 heteroatoms. The molecule has 0 amide bonds. The summed E-state index contributed by atoms with van der Waals surface area (Å²) < 4.78 is 5.13. The highest BCUT2D eigenvalue weighted by molar-refractivity contribution is 7.00. The molecule has 0 saturated carbocycles. The smallest absolute Gasteiger partial charge is 0.252 e. The normalized spacial score (nSPS) is 16.1. The summed E-state index contributed by atoms with van der Waals surface area (Å²) in [5, 5.41) is 4.99. The maximum absolute atomic E-state index is 2.66. The molecule has 0 fully saturated rings. The van der Waals surface area contributed by atoms with Crippen molar-refractivity contribution in [2.75, 3.05) is 9.80 Å². The average molecular weight is 1440 g/mol. The lowest BCUT2D eigenvalue weighted by Gasteiger charge is -2.44. The quantitative estimate of drug-likeness (QED) is 0.141. The van der Waals surface area contributed by atoms with Crippen LogP contribution in [0.1, 0.15) is 182 Å². The van der Waals surface area contributed by atoms with E-state index in [9.17, 15) is 0 Å². The lowest BCUT2D eigenvalue weighted by molar-refractivity contribution is 0.332. The lowest BCUT2D eigenvalue weighted by Crippen LogP contribution is -2.61. The summed E-state index contributed by atoms with van der Waals surface area (Å²) in [6.07, 6.45) is 4.70. The monoisotopic (exact) mass is 1440 g/mol. The Balaban J connectivity index is 0.905. The van der Waals surface area contributed by atoms with Crippen LogP contribution < -0.4 is 26.2 Å². The molecule has 0 N–H and O–H groups in total. The average Bonchev–Trinajstić information content (AvgIpc) is 1.21. The number of aromatic nitrogens is 2. The second kappa shape index (κ2) is 24.8. The molecule has 550 valence electrons. The Morgan fingerprint density at radius 3 is 1.19 bits per heavy atom. The Kier molecular flexibility index (Phi) is 15.8. The van der Waals surface area contributed by atoms with Crippen molar-refractivity contribution in [2.24, 2.45) is 0 Å². The molecule has 4 heterocycles. The number of fused-ring (bicyclic) bond motifs is 12. The topological polar surface area (TPSA) is 16.3 Å². The molecular weight excluding hydrogens is 1340 g/mol. The highest BCUT2D eigenvalue weighted by Gasteiger charge is 2.46. The van der Waals surface area contributed by atoms with Crippen molar-refractivity contribution in [3.63, 3.8) is 0 Å². The van der Waals surface area contributed by atoms with Crippen LogP contribution >= 0.6 is 0 Å². The van der Waals surface area contributed by atoms with Gasteiger partial charge in [-0.05, 0) is 260 Å². The number of para-hydroxylation sites is 1. The SMILES string of the molecule is CC(C)(C)c1cccc(-c2ccc3c(c2)B2c4ccc(-n5c6ccccc6c6cc(-c7ccccc7)ccc65)cc4N(c4ccc(-c5ccc6c(c5)C(C)(C)CCC6(C)C)cc4)c4cc(-n5c6ccc(C(C)(C)C)cc6c6cc(C(C)(C)C)ccc65)cc(c42)N3c2ccc(-c3ccc4c(c3)C(C)(C)CCC4(C)C)cc2)c1. The van der Waals surface area contributed by atoms with Gasteiger partial charge in [-0.1, -0.05) is 288 Å². The summed E-state index contributed by atoms with van der Waals surface area (Å²) in [6, 6.07) is 105. The van der Waals surface area contributed by atoms with E-state index in [1.165, 1.54) is 168 Å². The molecular formula is C106H103BN4. The van der Waals surface area contributed by atoms with E-state index in [-0.39, 0.29) is 44.6 Å². The zero-order chi connectivity index (χ0) is 77.0. The number of benzene rings is 13. The van der Waals surface area contributed by atoms with Gasteiger partial charge in [0.15, 0.2) is 0 Å². The Hall–Kier alpha value is -10.9. The third-order valence-corrected chi connectivity index (χ3v) is 26.5. The first-order valence-corrected chi connectivity index (χ1v) is 40.7. The van der Waals surface area contributed by atoms with Crippen LogP contribution in [0, 0.1) is 0 Å². The van der Waals surface area contributed by atoms with Gasteiger partial charge >= 0.3 is 0 Å². The van der Waals surface area contributed by atoms with E-state index in [0.717, 1.165) is 46.2 Å². The summed E-state index contributed by atoms with van der Waals surface area (Å²) in [7, 11) is 0. The van der Waals surface area contributed by atoms with Crippen molar-refractivity contribution < 1.29 is 0 Å². The standard InChI is InChI=1S/C106H103BN4/c1-100(2,3)74-27-23-26-69(56-74)73-37-49-95-90(60-73)107-89-47-44-79(110-91-29-22-21-28-81(91)82-57-70(36-48-92(82)110)66-24-19-18-20-25-66)63-96(89)109(78-42-32-68(33-43-78)72-35-46-86-88(59-72)106(16,17)55-53-104(86,12)13)98-65-80(111-93-50-38-75(101(4,5)6)61-83(93)84-62-76(102(7,8)9)39-51-94(84)111)64-97(99(98)107)108(95)77-40-30-67(31-41-77)71-34-45-85-87(58-71)105(14,15)54-52-103(85,10)11/h18-51,56-65H,52-55H2,1-17H3. The molecule has 15 aromatic rings. The summed E-state index contributed by atoms with van der Waals surface area (Å²) in [4.78, 5) is 5.29. The Morgan fingerprint density at radius 2 is 0.640 bits per heavy atom. The van der Waals surface area contributed by atoms with E-state index in [0.29, 0.717) is 0 Å². The minimum absolute atomic E-state index is 0.0400. The van der Waals surface area contributed by atoms with Crippen LogP contribution in [0.25, 0.3) is 99.5 Å². The second-order valence-electron chi connectivity index (χ2n) is 38.7. The van der Waals surface area contributed by atoms with Crippen LogP contribution in [0.3, 0.4) is 0 Å². The van der Waals surface area contributed by atoms with E-state index in [1.54, 1.807) is 0 Å². The predicted octanol–water partition coefficient (Wildman–Crippen LogP) is 27.2. The van der Waals surface area contributed by atoms with Crippen LogP contribution in [0.4, 0.5) is 34.1 Å². The van der Waals surface area contributed by atoms with Crippen LogP contribution in [-0.2, 0) is 37.9 Å². The van der Waals surface area contributed by atoms with Gasteiger partial charge in [0.25, 0.3) is 6.71 Å². The fourth-order valence-electron chi connectivity index (χ4n) is 19.6. The Bertz CT molecular complexity index is 6250. The molecule has 4 aliphatic rings. The molecule has 2 aliphatic heterocycles. The van der Waals surface area contributed by atoms with E-state index < -0.39 is 0 Å². The largest absolute Gasteiger partial charge is 0.311 e. The second-order valence-corrected chi connectivity index (χ2v) is 38.7. The first-order chi connectivity index (χ1) is 52.9. The molecule has 0 bridgehead atoms. The van der Waals surface area contributed by atoms with Crippen molar-refractivity contribution in [2.45, 2.75) is 181 Å². The first kappa shape index (κ1) is 70.5. The van der Waals surface area contributed by atoms with Gasteiger partial charge in [0.1, 0.15) is 0 Å². The minimum Gasteiger partial charge on any atom is -0.311 e. The summed E-state index contributed by atoms with van der Waals surface area (Å²) in [5.41, 5.74) is 37.4. The molecule has 0 saturated heterocycles. The molecule has 0 unspecified atom stereocenters. The van der Waals surface area contributed by atoms with Gasteiger partial charge in [0, 0.05) is 61.4 Å². The molecule has 111 heavy (non-hydrogen) atoms. The molecule has 13 aromatic carbocycles. The number of rotatable bonds is 8.